The molecule has 2 fully saturated rings. The average Bonchev–Trinajstić information content (AvgIpc) is 3.29. The Kier molecular flexibility index (Phi) is 4.23. The molecule has 28 heavy (non-hydrogen) atoms. The Hall–Kier alpha value is -2.16. The molecule has 148 valence electrons. The zero-order valence-corrected chi connectivity index (χ0v) is 16.9. The van der Waals surface area contributed by atoms with Crippen LogP contribution >= 0.6 is 0 Å². The molecule has 0 radical (unpaired) electrons. The number of carbonyl (C=O) groups excluding carboxylic acids is 1. The number of benzene rings is 1. The van der Waals surface area contributed by atoms with Crippen molar-refractivity contribution in [3.8, 4) is 11.3 Å². The average molecular weight is 384 g/mol. The van der Waals surface area contributed by atoms with Crippen molar-refractivity contribution in [3.63, 3.8) is 0 Å². The van der Waals surface area contributed by atoms with E-state index in [4.69, 9.17) is 13.8 Å². The molecular weight excluding hydrogens is 359 g/mol. The van der Waals surface area contributed by atoms with Gasteiger partial charge < -0.3 is 23.8 Å². The standard InChI is InChI=1S/C20H25BN2O5/c1-18(2)19(3,4)28-21(27-18)14-8-6-7-13(11-14)15-12-16(26-22-15)20(25)9-10-23(5)17(20)24/h6-8,11-12,25H,9-10H2,1-5H3. The lowest BCUT2D eigenvalue weighted by atomic mass is 9.78. The van der Waals surface area contributed by atoms with Gasteiger partial charge in [0.25, 0.3) is 5.91 Å². The van der Waals surface area contributed by atoms with Crippen LogP contribution in [-0.2, 0) is 19.7 Å². The number of likely N-dealkylation sites (tertiary alicyclic amines) is 1. The topological polar surface area (TPSA) is 85.0 Å². The van der Waals surface area contributed by atoms with Gasteiger partial charge in [0.05, 0.1) is 11.2 Å². The zero-order valence-electron chi connectivity index (χ0n) is 16.9. The summed E-state index contributed by atoms with van der Waals surface area (Å²) in [5.41, 5.74) is -0.284. The number of aromatic nitrogens is 1. The van der Waals surface area contributed by atoms with E-state index < -0.39 is 23.9 Å². The summed E-state index contributed by atoms with van der Waals surface area (Å²) >= 11 is 0. The van der Waals surface area contributed by atoms with Gasteiger partial charge in [0, 0.05) is 31.6 Å². The lowest BCUT2D eigenvalue weighted by Gasteiger charge is -2.32. The van der Waals surface area contributed by atoms with Gasteiger partial charge in [-0.05, 0) is 33.2 Å². The maximum absolute atomic E-state index is 12.3. The van der Waals surface area contributed by atoms with Crippen LogP contribution in [0.25, 0.3) is 11.3 Å². The van der Waals surface area contributed by atoms with E-state index in [2.05, 4.69) is 5.16 Å². The van der Waals surface area contributed by atoms with Crippen molar-refractivity contribution in [1.29, 1.82) is 0 Å². The van der Waals surface area contributed by atoms with E-state index in [-0.39, 0.29) is 18.1 Å². The van der Waals surface area contributed by atoms with Gasteiger partial charge in [0.1, 0.15) is 5.69 Å². The molecule has 1 unspecified atom stereocenters. The lowest BCUT2D eigenvalue weighted by molar-refractivity contribution is -0.144. The van der Waals surface area contributed by atoms with Crippen molar-refractivity contribution >= 4 is 18.5 Å². The number of aliphatic hydroxyl groups is 1. The smallest absolute Gasteiger partial charge is 0.399 e. The van der Waals surface area contributed by atoms with E-state index in [1.54, 1.807) is 13.1 Å². The quantitative estimate of drug-likeness (QED) is 0.811. The third-order valence-corrected chi connectivity index (χ3v) is 6.14. The number of carbonyl (C=O) groups is 1. The minimum Gasteiger partial charge on any atom is -0.399 e. The van der Waals surface area contributed by atoms with E-state index in [0.717, 1.165) is 11.0 Å². The van der Waals surface area contributed by atoms with Crippen LogP contribution in [0.2, 0.25) is 0 Å². The van der Waals surface area contributed by atoms with Crippen molar-refractivity contribution in [2.45, 2.75) is 50.9 Å². The summed E-state index contributed by atoms with van der Waals surface area (Å²) in [6, 6.07) is 9.28. The van der Waals surface area contributed by atoms with Crippen molar-refractivity contribution in [2.24, 2.45) is 0 Å². The van der Waals surface area contributed by atoms with E-state index in [1.165, 1.54) is 4.90 Å². The molecule has 7 nitrogen and oxygen atoms in total. The highest BCUT2D eigenvalue weighted by molar-refractivity contribution is 6.62. The molecule has 0 bridgehead atoms. The largest absolute Gasteiger partial charge is 0.494 e. The van der Waals surface area contributed by atoms with Gasteiger partial charge in [-0.2, -0.15) is 0 Å². The maximum Gasteiger partial charge on any atom is 0.494 e. The lowest BCUT2D eigenvalue weighted by Crippen LogP contribution is -2.41. The molecule has 1 aromatic heterocycles. The van der Waals surface area contributed by atoms with Crippen molar-refractivity contribution < 1.29 is 23.7 Å². The van der Waals surface area contributed by atoms with E-state index in [9.17, 15) is 9.90 Å². The molecule has 1 amide bonds. The summed E-state index contributed by atoms with van der Waals surface area (Å²) in [5.74, 6) is -0.209. The number of likely N-dealkylation sites (N-methyl/N-ethyl adjacent to an activating group) is 1. The molecule has 4 rings (SSSR count). The molecule has 1 aromatic carbocycles. The Morgan fingerprint density at radius 3 is 2.43 bits per heavy atom. The first-order valence-corrected chi connectivity index (χ1v) is 9.45. The first kappa shape index (κ1) is 19.2. The predicted molar refractivity (Wildman–Crippen MR) is 104 cm³/mol. The predicted octanol–water partition coefficient (Wildman–Crippen LogP) is 1.69. The third kappa shape index (κ3) is 2.87. The van der Waals surface area contributed by atoms with Crippen LogP contribution in [0.1, 0.15) is 39.9 Å². The molecule has 0 aliphatic carbocycles. The Morgan fingerprint density at radius 2 is 1.82 bits per heavy atom. The molecule has 2 aliphatic rings. The Balaban J connectivity index is 1.62. The van der Waals surface area contributed by atoms with Gasteiger partial charge in [-0.15, -0.1) is 0 Å². The van der Waals surface area contributed by atoms with Gasteiger partial charge >= 0.3 is 7.12 Å². The highest BCUT2D eigenvalue weighted by Gasteiger charge is 2.52. The number of hydrogen-bond acceptors (Lipinski definition) is 6. The number of hydrogen-bond donors (Lipinski definition) is 1. The van der Waals surface area contributed by atoms with Crippen LogP contribution < -0.4 is 5.46 Å². The summed E-state index contributed by atoms with van der Waals surface area (Å²) in [4.78, 5) is 13.8. The van der Waals surface area contributed by atoms with Crippen LogP contribution in [-0.4, -0.2) is 53.0 Å². The third-order valence-electron chi connectivity index (χ3n) is 6.14. The summed E-state index contributed by atoms with van der Waals surface area (Å²) in [7, 11) is 1.18. The molecule has 0 saturated carbocycles. The second kappa shape index (κ2) is 6.17. The summed E-state index contributed by atoms with van der Waals surface area (Å²) in [5, 5.41) is 14.8. The highest BCUT2D eigenvalue weighted by Crippen LogP contribution is 2.37. The van der Waals surface area contributed by atoms with Crippen LogP contribution in [0, 0.1) is 0 Å². The Bertz CT molecular complexity index is 909. The monoisotopic (exact) mass is 384 g/mol. The van der Waals surface area contributed by atoms with Crippen LogP contribution in [0.5, 0.6) is 0 Å². The fraction of sp³-hybridized carbons (Fsp3) is 0.500. The Morgan fingerprint density at radius 1 is 1.14 bits per heavy atom. The maximum atomic E-state index is 12.3. The van der Waals surface area contributed by atoms with Crippen LogP contribution in [0.3, 0.4) is 0 Å². The summed E-state index contributed by atoms with van der Waals surface area (Å²) < 4.78 is 17.6. The second-order valence-electron chi connectivity index (χ2n) is 8.63. The molecule has 1 N–H and O–H groups in total. The second-order valence-corrected chi connectivity index (χ2v) is 8.63. The number of nitrogens with zero attached hydrogens (tertiary/aromatic N) is 2. The van der Waals surface area contributed by atoms with E-state index in [1.807, 2.05) is 52.0 Å². The molecule has 0 spiro atoms. The SMILES string of the molecule is CN1CCC(O)(c2cc(-c3cccc(B4OC(C)(C)C(C)(C)O4)c3)no2)C1=O. The molecule has 2 aliphatic heterocycles. The zero-order chi connectivity index (χ0) is 20.3. The van der Waals surface area contributed by atoms with Crippen molar-refractivity contribution in [2.75, 3.05) is 13.6 Å². The van der Waals surface area contributed by atoms with Crippen LogP contribution in [0.15, 0.2) is 34.9 Å². The van der Waals surface area contributed by atoms with Crippen molar-refractivity contribution in [3.05, 3.63) is 36.1 Å². The molecule has 2 saturated heterocycles. The van der Waals surface area contributed by atoms with E-state index in [0.29, 0.717) is 12.2 Å². The fourth-order valence-electron chi connectivity index (χ4n) is 3.51. The minimum atomic E-state index is -1.65. The number of amides is 1. The first-order valence-electron chi connectivity index (χ1n) is 9.45. The molecule has 1 atom stereocenters. The fourth-order valence-corrected chi connectivity index (χ4v) is 3.51. The molecule has 2 aromatic rings. The summed E-state index contributed by atoms with van der Waals surface area (Å²) in [6.07, 6.45) is 0.283. The van der Waals surface area contributed by atoms with Gasteiger partial charge in [-0.1, -0.05) is 29.4 Å². The molecule has 3 heterocycles. The van der Waals surface area contributed by atoms with E-state index >= 15 is 0 Å². The normalized spacial score (nSPS) is 26.3. The van der Waals surface area contributed by atoms with Gasteiger partial charge in [0.15, 0.2) is 5.76 Å². The van der Waals surface area contributed by atoms with Gasteiger partial charge in [-0.25, -0.2) is 0 Å². The summed E-state index contributed by atoms with van der Waals surface area (Å²) in [6.45, 7) is 8.52. The molecule has 8 heteroatoms. The van der Waals surface area contributed by atoms with Crippen molar-refractivity contribution in [1.82, 2.24) is 10.1 Å². The minimum absolute atomic E-state index is 0.165. The van der Waals surface area contributed by atoms with Gasteiger partial charge in [0.2, 0.25) is 5.60 Å². The number of rotatable bonds is 3. The first-order chi connectivity index (χ1) is 13.0. The molecular formula is C20H25BN2O5. The van der Waals surface area contributed by atoms with Gasteiger partial charge in [-0.3, -0.25) is 4.79 Å². The highest BCUT2D eigenvalue weighted by atomic mass is 16.7. The Labute approximate surface area is 164 Å². The van der Waals surface area contributed by atoms with Crippen LogP contribution in [0.4, 0.5) is 0 Å².